The van der Waals surface area contributed by atoms with Gasteiger partial charge in [0.15, 0.2) is 0 Å². The van der Waals surface area contributed by atoms with Gasteiger partial charge in [0.1, 0.15) is 24.5 Å². The van der Waals surface area contributed by atoms with Gasteiger partial charge in [-0.25, -0.2) is 4.79 Å². The van der Waals surface area contributed by atoms with Crippen LogP contribution in [0.2, 0.25) is 0 Å². The molecule has 1 aliphatic heterocycles. The van der Waals surface area contributed by atoms with Crippen LogP contribution in [0.25, 0.3) is 0 Å². The minimum Gasteiger partial charge on any atom is -0.490 e. The Bertz CT molecular complexity index is 882. The first-order valence-electron chi connectivity index (χ1n) is 9.38. The van der Waals surface area contributed by atoms with Gasteiger partial charge >= 0.3 is 6.03 Å². The van der Waals surface area contributed by atoms with Gasteiger partial charge in [-0.2, -0.15) is 0 Å². The molecule has 28 heavy (non-hydrogen) atoms. The molecule has 3 rings (SSSR count). The minimum atomic E-state index is -0.977. The Labute approximate surface area is 165 Å². The van der Waals surface area contributed by atoms with Crippen LogP contribution in [-0.2, 0) is 4.79 Å². The first-order valence-corrected chi connectivity index (χ1v) is 9.38. The van der Waals surface area contributed by atoms with Gasteiger partial charge in [0.2, 0.25) is 0 Å². The van der Waals surface area contributed by atoms with E-state index in [1.165, 1.54) is 4.90 Å². The number of aliphatic hydroxyl groups excluding tert-OH is 1. The van der Waals surface area contributed by atoms with Crippen molar-refractivity contribution < 1.29 is 19.4 Å². The molecule has 0 aliphatic carbocycles. The van der Waals surface area contributed by atoms with Crippen molar-refractivity contribution in [2.24, 2.45) is 0 Å². The van der Waals surface area contributed by atoms with E-state index in [0.717, 1.165) is 27.3 Å². The third-order valence-corrected chi connectivity index (χ3v) is 5.17. The van der Waals surface area contributed by atoms with Gasteiger partial charge < -0.3 is 9.84 Å². The number of nitrogens with zero attached hydrogens (tertiary/aromatic N) is 2. The Hall–Kier alpha value is -2.86. The lowest BCUT2D eigenvalue weighted by atomic mass is 10.1. The van der Waals surface area contributed by atoms with Crippen LogP contribution in [0, 0.1) is 20.8 Å². The number of imide groups is 1. The fourth-order valence-corrected chi connectivity index (χ4v) is 3.41. The number of carbonyl (C=O) groups excluding carboxylic acids is 2. The first-order chi connectivity index (χ1) is 13.3. The molecule has 6 nitrogen and oxygen atoms in total. The highest BCUT2D eigenvalue weighted by Crippen LogP contribution is 2.27. The molecule has 1 heterocycles. The molecule has 0 radical (unpaired) electrons. The van der Waals surface area contributed by atoms with Crippen molar-refractivity contribution in [1.82, 2.24) is 4.90 Å². The zero-order chi connectivity index (χ0) is 20.4. The number of ether oxygens (including phenoxy) is 1. The molecule has 0 spiro atoms. The highest BCUT2D eigenvalue weighted by molar-refractivity contribution is 6.14. The summed E-state index contributed by atoms with van der Waals surface area (Å²) in [5.74, 6) is 0.410. The summed E-state index contributed by atoms with van der Waals surface area (Å²) in [6.45, 7) is 7.50. The smallest absolute Gasteiger partial charge is 0.332 e. The maximum atomic E-state index is 12.8. The number of para-hydroxylation sites is 1. The number of aryl methyl sites for hydroxylation is 2. The molecular weight excluding hydrogens is 356 g/mol. The summed E-state index contributed by atoms with van der Waals surface area (Å²) >= 11 is 0. The molecule has 148 valence electrons. The van der Waals surface area contributed by atoms with Crippen molar-refractivity contribution in [2.75, 3.05) is 18.1 Å². The van der Waals surface area contributed by atoms with Gasteiger partial charge in [-0.1, -0.05) is 30.3 Å². The van der Waals surface area contributed by atoms with Gasteiger partial charge in [-0.3, -0.25) is 14.6 Å². The Balaban J connectivity index is 1.67. The predicted octanol–water partition coefficient (Wildman–Crippen LogP) is 3.21. The lowest BCUT2D eigenvalue weighted by Crippen LogP contribution is -2.40. The molecule has 1 N–H and O–H groups in total. The van der Waals surface area contributed by atoms with Crippen molar-refractivity contribution in [2.45, 2.75) is 39.8 Å². The number of hydrogen-bond donors (Lipinski definition) is 1. The topological polar surface area (TPSA) is 70.1 Å². The second-order valence-electron chi connectivity index (χ2n) is 7.23. The molecule has 2 atom stereocenters. The number of β-amino-alcohol motifs (C(OH)–C–C–N with tert-alkyl or cyclic N) is 1. The standard InChI is InChI=1S/C22H26N2O4/c1-14-10-11-15(2)20(16(14)3)28-13-19(25)12-23-21(26)17(4)24(22(23)27)18-8-6-5-7-9-18/h5-11,17,19,25H,12-13H2,1-4H3/t17-,19+/m1/s1. The van der Waals surface area contributed by atoms with Crippen LogP contribution in [0.4, 0.5) is 10.5 Å². The van der Waals surface area contributed by atoms with Crippen molar-refractivity contribution in [3.63, 3.8) is 0 Å². The zero-order valence-corrected chi connectivity index (χ0v) is 16.7. The second-order valence-corrected chi connectivity index (χ2v) is 7.23. The van der Waals surface area contributed by atoms with E-state index in [-0.39, 0.29) is 19.1 Å². The Kier molecular flexibility index (Phi) is 5.70. The van der Waals surface area contributed by atoms with Crippen LogP contribution in [0.1, 0.15) is 23.6 Å². The summed E-state index contributed by atoms with van der Waals surface area (Å²) in [6.07, 6.45) is -0.977. The molecule has 6 heteroatoms. The number of rotatable bonds is 6. The lowest BCUT2D eigenvalue weighted by molar-refractivity contribution is -0.128. The second kappa shape index (κ2) is 8.02. The Morgan fingerprint density at radius 1 is 1.04 bits per heavy atom. The number of aliphatic hydroxyl groups is 1. The van der Waals surface area contributed by atoms with Gasteiger partial charge in [0.05, 0.1) is 6.54 Å². The predicted molar refractivity (Wildman–Crippen MR) is 108 cm³/mol. The van der Waals surface area contributed by atoms with Gasteiger partial charge in [0, 0.05) is 5.69 Å². The molecule has 0 unspecified atom stereocenters. The number of hydrogen-bond acceptors (Lipinski definition) is 4. The largest absolute Gasteiger partial charge is 0.490 e. The number of urea groups is 1. The van der Waals surface area contributed by atoms with Gasteiger partial charge in [-0.05, 0) is 56.5 Å². The van der Waals surface area contributed by atoms with Crippen LogP contribution in [0.5, 0.6) is 5.75 Å². The first kappa shape index (κ1) is 19.9. The van der Waals surface area contributed by atoms with E-state index in [4.69, 9.17) is 4.74 Å². The normalized spacial score (nSPS) is 18.0. The third kappa shape index (κ3) is 3.73. The van der Waals surface area contributed by atoms with E-state index in [1.54, 1.807) is 19.1 Å². The van der Waals surface area contributed by atoms with Crippen LogP contribution >= 0.6 is 0 Å². The number of anilines is 1. The monoisotopic (exact) mass is 382 g/mol. The van der Waals surface area contributed by atoms with Gasteiger partial charge in [0.25, 0.3) is 5.91 Å². The van der Waals surface area contributed by atoms with Crippen LogP contribution < -0.4 is 9.64 Å². The lowest BCUT2D eigenvalue weighted by Gasteiger charge is -2.21. The molecule has 0 aromatic heterocycles. The van der Waals surface area contributed by atoms with Crippen molar-refractivity contribution in [3.05, 3.63) is 59.2 Å². The van der Waals surface area contributed by atoms with Crippen molar-refractivity contribution in [1.29, 1.82) is 0 Å². The molecule has 3 amide bonds. The summed E-state index contributed by atoms with van der Waals surface area (Å²) in [5.41, 5.74) is 3.76. The highest BCUT2D eigenvalue weighted by atomic mass is 16.5. The van der Waals surface area contributed by atoms with E-state index < -0.39 is 18.2 Å². The van der Waals surface area contributed by atoms with E-state index in [1.807, 2.05) is 51.1 Å². The minimum absolute atomic E-state index is 0.00190. The molecule has 0 saturated carbocycles. The molecule has 2 aromatic rings. The number of amides is 3. The highest BCUT2D eigenvalue weighted by Gasteiger charge is 2.43. The summed E-state index contributed by atoms with van der Waals surface area (Å²) in [6, 6.07) is 12.0. The van der Waals surface area contributed by atoms with E-state index in [0.29, 0.717) is 5.69 Å². The van der Waals surface area contributed by atoms with E-state index >= 15 is 0 Å². The van der Waals surface area contributed by atoms with Crippen molar-refractivity contribution in [3.8, 4) is 5.75 Å². The van der Waals surface area contributed by atoms with Crippen molar-refractivity contribution >= 4 is 17.6 Å². The summed E-state index contributed by atoms with van der Waals surface area (Å²) < 4.78 is 5.82. The SMILES string of the molecule is Cc1ccc(C)c(OC[C@@H](O)CN2C(=O)[C@@H](C)N(c3ccccc3)C2=O)c1C. The van der Waals surface area contributed by atoms with Gasteiger partial charge in [-0.15, -0.1) is 0 Å². The quantitative estimate of drug-likeness (QED) is 0.779. The Morgan fingerprint density at radius 3 is 2.36 bits per heavy atom. The fourth-order valence-electron chi connectivity index (χ4n) is 3.41. The number of benzene rings is 2. The molecule has 2 aromatic carbocycles. The summed E-state index contributed by atoms with van der Waals surface area (Å²) in [5, 5.41) is 10.4. The maximum absolute atomic E-state index is 12.8. The molecule has 1 aliphatic rings. The van der Waals surface area contributed by atoms with E-state index in [2.05, 4.69) is 0 Å². The van der Waals surface area contributed by atoms with Crippen LogP contribution in [0.3, 0.4) is 0 Å². The fraction of sp³-hybridized carbons (Fsp3) is 0.364. The molecule has 1 saturated heterocycles. The molecule has 0 bridgehead atoms. The average molecular weight is 382 g/mol. The van der Waals surface area contributed by atoms with Crippen LogP contribution in [0.15, 0.2) is 42.5 Å². The third-order valence-electron chi connectivity index (χ3n) is 5.17. The maximum Gasteiger partial charge on any atom is 0.332 e. The Morgan fingerprint density at radius 2 is 1.68 bits per heavy atom. The zero-order valence-electron chi connectivity index (χ0n) is 16.7. The summed E-state index contributed by atoms with van der Waals surface area (Å²) in [7, 11) is 0. The molecular formula is C22H26N2O4. The van der Waals surface area contributed by atoms with Crippen LogP contribution in [-0.4, -0.2) is 47.2 Å². The molecule has 1 fully saturated rings. The van der Waals surface area contributed by atoms with E-state index in [9.17, 15) is 14.7 Å². The average Bonchev–Trinajstić information content (AvgIpc) is 2.89. The summed E-state index contributed by atoms with van der Waals surface area (Å²) in [4.78, 5) is 27.9. The number of carbonyl (C=O) groups is 2.